The first-order valence-corrected chi connectivity index (χ1v) is 10.4. The normalized spacial score (nSPS) is 20.0. The molecule has 2 atom stereocenters. The Kier molecular flexibility index (Phi) is 7.62. The van der Waals surface area contributed by atoms with Gasteiger partial charge in [0.05, 0.1) is 17.7 Å². The molecule has 0 saturated carbocycles. The summed E-state index contributed by atoms with van der Waals surface area (Å²) in [6.07, 6.45) is 1.61. The van der Waals surface area contributed by atoms with E-state index in [-0.39, 0.29) is 17.4 Å². The van der Waals surface area contributed by atoms with Crippen molar-refractivity contribution < 1.29 is 14.3 Å². The Balaban J connectivity index is 2.17. The number of esters is 1. The number of hydrogen-bond acceptors (Lipinski definition) is 4. The van der Waals surface area contributed by atoms with Gasteiger partial charge in [-0.05, 0) is 46.8 Å². The van der Waals surface area contributed by atoms with E-state index in [2.05, 4.69) is 35.1 Å². The predicted octanol–water partition coefficient (Wildman–Crippen LogP) is 4.72. The smallest absolute Gasteiger partial charge is 0.329 e. The zero-order valence-electron chi connectivity index (χ0n) is 14.8. The Morgan fingerprint density at radius 1 is 1.40 bits per heavy atom. The molecule has 1 aliphatic heterocycles. The molecule has 0 aliphatic carbocycles. The second-order valence-electron chi connectivity index (χ2n) is 6.42. The predicted molar refractivity (Wildman–Crippen MR) is 106 cm³/mol. The molecule has 5 nitrogen and oxygen atoms in total. The third-order valence-corrected chi connectivity index (χ3v) is 5.84. The summed E-state index contributed by atoms with van der Waals surface area (Å²) in [6, 6.07) is 6.64. The van der Waals surface area contributed by atoms with Gasteiger partial charge in [-0.25, -0.2) is 9.59 Å². The SMILES string of the molecule is CCCOC(=O)C1CSC(CC(C)C)N1C(=O)Nc1ccccc1Br. The third kappa shape index (κ3) is 5.38. The van der Waals surface area contributed by atoms with Crippen LogP contribution in [0, 0.1) is 5.92 Å². The van der Waals surface area contributed by atoms with Crippen molar-refractivity contribution in [2.24, 2.45) is 5.92 Å². The van der Waals surface area contributed by atoms with Crippen LogP contribution >= 0.6 is 27.7 Å². The number of nitrogens with zero attached hydrogens (tertiary/aromatic N) is 1. The highest BCUT2D eigenvalue weighted by Gasteiger charge is 2.42. The number of para-hydroxylation sites is 1. The van der Waals surface area contributed by atoms with E-state index in [1.165, 1.54) is 0 Å². The number of urea groups is 1. The van der Waals surface area contributed by atoms with Gasteiger partial charge >= 0.3 is 12.0 Å². The molecule has 1 aromatic rings. The van der Waals surface area contributed by atoms with Gasteiger partial charge in [-0.3, -0.25) is 4.90 Å². The average Bonchev–Trinajstić information content (AvgIpc) is 2.97. The summed E-state index contributed by atoms with van der Waals surface area (Å²) < 4.78 is 6.11. The van der Waals surface area contributed by atoms with Gasteiger partial charge in [-0.2, -0.15) is 0 Å². The van der Waals surface area contributed by atoms with Crippen molar-refractivity contribution in [2.75, 3.05) is 17.7 Å². The zero-order chi connectivity index (χ0) is 18.4. The molecule has 0 bridgehead atoms. The van der Waals surface area contributed by atoms with Crippen LogP contribution in [0.3, 0.4) is 0 Å². The number of rotatable bonds is 6. The minimum absolute atomic E-state index is 0.0262. The molecule has 1 N–H and O–H groups in total. The number of nitrogens with one attached hydrogen (secondary N) is 1. The number of carbonyl (C=O) groups excluding carboxylic acids is 2. The molecule has 0 radical (unpaired) electrons. The van der Waals surface area contributed by atoms with Crippen LogP contribution in [0.5, 0.6) is 0 Å². The molecular formula is C18H25BrN2O3S. The van der Waals surface area contributed by atoms with E-state index < -0.39 is 6.04 Å². The minimum atomic E-state index is -0.539. The first-order valence-electron chi connectivity index (χ1n) is 8.56. The highest BCUT2D eigenvalue weighted by atomic mass is 79.9. The molecule has 1 aromatic carbocycles. The summed E-state index contributed by atoms with van der Waals surface area (Å²) in [7, 11) is 0. The number of halogens is 1. The van der Waals surface area contributed by atoms with Crippen LogP contribution in [0.1, 0.15) is 33.6 Å². The van der Waals surface area contributed by atoms with Crippen molar-refractivity contribution in [3.05, 3.63) is 28.7 Å². The zero-order valence-corrected chi connectivity index (χ0v) is 17.2. The Labute approximate surface area is 162 Å². The quantitative estimate of drug-likeness (QED) is 0.665. The maximum atomic E-state index is 12.9. The number of carbonyl (C=O) groups is 2. The van der Waals surface area contributed by atoms with Crippen molar-refractivity contribution in [3.63, 3.8) is 0 Å². The average molecular weight is 429 g/mol. The van der Waals surface area contributed by atoms with Gasteiger partial charge in [0.25, 0.3) is 0 Å². The number of thioether (sulfide) groups is 1. The monoisotopic (exact) mass is 428 g/mol. The molecule has 2 unspecified atom stereocenters. The highest BCUT2D eigenvalue weighted by Crippen LogP contribution is 2.35. The summed E-state index contributed by atoms with van der Waals surface area (Å²) >= 11 is 5.08. The van der Waals surface area contributed by atoms with Gasteiger partial charge in [-0.1, -0.05) is 32.9 Å². The molecule has 0 aromatic heterocycles. The lowest BCUT2D eigenvalue weighted by molar-refractivity contribution is -0.147. The first-order chi connectivity index (χ1) is 11.9. The lowest BCUT2D eigenvalue weighted by Crippen LogP contribution is -2.48. The summed E-state index contributed by atoms with van der Waals surface area (Å²) in [5.41, 5.74) is 0.688. The molecule has 0 spiro atoms. The van der Waals surface area contributed by atoms with Crippen molar-refractivity contribution in [1.82, 2.24) is 4.90 Å². The van der Waals surface area contributed by atoms with Gasteiger partial charge in [0.2, 0.25) is 0 Å². The number of anilines is 1. The fourth-order valence-corrected chi connectivity index (χ4v) is 4.65. The van der Waals surface area contributed by atoms with Crippen LogP contribution in [-0.2, 0) is 9.53 Å². The van der Waals surface area contributed by atoms with E-state index in [1.807, 2.05) is 31.2 Å². The molecule has 2 amide bonds. The second kappa shape index (κ2) is 9.48. The Bertz CT molecular complexity index is 612. The molecule has 7 heteroatoms. The fraction of sp³-hybridized carbons (Fsp3) is 0.556. The van der Waals surface area contributed by atoms with Crippen LogP contribution in [0.15, 0.2) is 28.7 Å². The Hall–Kier alpha value is -1.21. The molecule has 1 heterocycles. The van der Waals surface area contributed by atoms with Crippen molar-refractivity contribution in [3.8, 4) is 0 Å². The van der Waals surface area contributed by atoms with Crippen molar-refractivity contribution in [2.45, 2.75) is 45.0 Å². The standard InChI is InChI=1S/C18H25BrN2O3S/c1-4-9-24-17(22)15-11-25-16(10-12(2)3)21(15)18(23)20-14-8-6-5-7-13(14)19/h5-8,12,15-16H,4,9-11H2,1-3H3,(H,20,23). The van der Waals surface area contributed by atoms with E-state index >= 15 is 0 Å². The van der Waals surface area contributed by atoms with Gasteiger partial charge in [0.15, 0.2) is 0 Å². The maximum Gasteiger partial charge on any atom is 0.329 e. The lowest BCUT2D eigenvalue weighted by Gasteiger charge is -2.29. The largest absolute Gasteiger partial charge is 0.464 e. The summed E-state index contributed by atoms with van der Waals surface area (Å²) in [5, 5.41) is 2.89. The molecular weight excluding hydrogens is 404 g/mol. The third-order valence-electron chi connectivity index (χ3n) is 3.84. The van der Waals surface area contributed by atoms with Crippen LogP contribution < -0.4 is 5.32 Å². The van der Waals surface area contributed by atoms with E-state index in [9.17, 15) is 9.59 Å². The Morgan fingerprint density at radius 3 is 2.76 bits per heavy atom. The number of amides is 2. The number of hydrogen-bond donors (Lipinski definition) is 1. The van der Waals surface area contributed by atoms with Crippen LogP contribution in [0.4, 0.5) is 10.5 Å². The number of ether oxygens (including phenoxy) is 1. The van der Waals surface area contributed by atoms with Gasteiger partial charge < -0.3 is 10.1 Å². The highest BCUT2D eigenvalue weighted by molar-refractivity contribution is 9.10. The second-order valence-corrected chi connectivity index (χ2v) is 8.48. The minimum Gasteiger partial charge on any atom is -0.464 e. The number of benzene rings is 1. The summed E-state index contributed by atoms with van der Waals surface area (Å²) in [6.45, 7) is 6.57. The Morgan fingerprint density at radius 2 is 2.12 bits per heavy atom. The summed E-state index contributed by atoms with van der Waals surface area (Å²) in [5.74, 6) is 0.688. The molecule has 2 rings (SSSR count). The van der Waals surface area contributed by atoms with E-state index in [0.29, 0.717) is 24.0 Å². The van der Waals surface area contributed by atoms with Gasteiger partial charge in [0, 0.05) is 10.2 Å². The lowest BCUT2D eigenvalue weighted by atomic mass is 10.1. The van der Waals surface area contributed by atoms with Gasteiger partial charge in [-0.15, -0.1) is 11.8 Å². The topological polar surface area (TPSA) is 58.6 Å². The summed E-state index contributed by atoms with van der Waals surface area (Å²) in [4.78, 5) is 27.0. The van der Waals surface area contributed by atoms with E-state index in [1.54, 1.807) is 16.7 Å². The molecule has 25 heavy (non-hydrogen) atoms. The van der Waals surface area contributed by atoms with E-state index in [0.717, 1.165) is 17.3 Å². The van der Waals surface area contributed by atoms with Crippen molar-refractivity contribution >= 4 is 45.4 Å². The molecule has 1 fully saturated rings. The fourth-order valence-electron chi connectivity index (χ4n) is 2.64. The van der Waals surface area contributed by atoms with E-state index in [4.69, 9.17) is 4.74 Å². The first kappa shape index (κ1) is 20.1. The molecule has 1 saturated heterocycles. The van der Waals surface area contributed by atoms with Crippen LogP contribution in [-0.4, -0.2) is 40.7 Å². The molecule has 1 aliphatic rings. The van der Waals surface area contributed by atoms with Gasteiger partial charge in [0.1, 0.15) is 6.04 Å². The molecule has 138 valence electrons. The van der Waals surface area contributed by atoms with Crippen molar-refractivity contribution in [1.29, 1.82) is 0 Å². The maximum absolute atomic E-state index is 12.9. The van der Waals surface area contributed by atoms with Crippen LogP contribution in [0.2, 0.25) is 0 Å². The van der Waals surface area contributed by atoms with Crippen LogP contribution in [0.25, 0.3) is 0 Å².